The van der Waals surface area contributed by atoms with E-state index in [4.69, 9.17) is 4.74 Å². The lowest BCUT2D eigenvalue weighted by Crippen LogP contribution is -2.17. The molecule has 0 spiro atoms. The van der Waals surface area contributed by atoms with E-state index in [-0.39, 0.29) is 29.9 Å². The molecule has 1 aromatic carbocycles. The Morgan fingerprint density at radius 3 is 2.70 bits per heavy atom. The monoisotopic (exact) mass is 309 g/mol. The maximum absolute atomic E-state index is 13.7. The number of thioether (sulfide) groups is 1. The number of halogens is 4. The van der Waals surface area contributed by atoms with E-state index >= 15 is 0 Å². The van der Waals surface area contributed by atoms with Crippen LogP contribution >= 0.6 is 11.8 Å². The van der Waals surface area contributed by atoms with Crippen LogP contribution in [-0.2, 0) is 6.54 Å². The average Bonchev–Trinajstić information content (AvgIpc) is 3.17. The van der Waals surface area contributed by atoms with Crippen molar-refractivity contribution in [3.8, 4) is 5.75 Å². The van der Waals surface area contributed by atoms with Gasteiger partial charge in [0.25, 0.3) is 0 Å². The van der Waals surface area contributed by atoms with E-state index in [0.717, 1.165) is 12.8 Å². The van der Waals surface area contributed by atoms with E-state index in [2.05, 4.69) is 5.32 Å². The highest BCUT2D eigenvalue weighted by atomic mass is 32.2. The first-order valence-electron chi connectivity index (χ1n) is 6.30. The summed E-state index contributed by atoms with van der Waals surface area (Å²) in [5.74, 6) is -0.756. The maximum Gasteiger partial charge on any atom is 0.441 e. The third kappa shape index (κ3) is 5.20. The summed E-state index contributed by atoms with van der Waals surface area (Å²) in [6.45, 7) is 0.283. The minimum Gasteiger partial charge on any atom is -0.489 e. The molecular formula is C13H15F4NOS. The smallest absolute Gasteiger partial charge is 0.441 e. The van der Waals surface area contributed by atoms with Crippen molar-refractivity contribution in [1.29, 1.82) is 0 Å². The number of para-hydroxylation sites is 1. The maximum atomic E-state index is 13.7. The highest BCUT2D eigenvalue weighted by Crippen LogP contribution is 2.30. The first kappa shape index (κ1) is 15.4. The van der Waals surface area contributed by atoms with Crippen molar-refractivity contribution in [3.05, 3.63) is 29.6 Å². The van der Waals surface area contributed by atoms with Gasteiger partial charge in [0.2, 0.25) is 0 Å². The van der Waals surface area contributed by atoms with Gasteiger partial charge in [0.15, 0.2) is 11.6 Å². The lowest BCUT2D eigenvalue weighted by molar-refractivity contribution is -0.0329. The minimum absolute atomic E-state index is 0.0448. The van der Waals surface area contributed by atoms with Crippen molar-refractivity contribution in [3.63, 3.8) is 0 Å². The van der Waals surface area contributed by atoms with E-state index in [0.29, 0.717) is 18.2 Å². The zero-order chi connectivity index (χ0) is 14.6. The Bertz CT molecular complexity index is 448. The highest BCUT2D eigenvalue weighted by molar-refractivity contribution is 8.00. The van der Waals surface area contributed by atoms with Crippen LogP contribution in [0.1, 0.15) is 18.4 Å². The van der Waals surface area contributed by atoms with Crippen LogP contribution in [-0.4, -0.2) is 23.9 Å². The molecule has 0 amide bonds. The Kier molecular flexibility index (Phi) is 5.15. The Labute approximate surface area is 118 Å². The van der Waals surface area contributed by atoms with Crippen LogP contribution in [0.25, 0.3) is 0 Å². The van der Waals surface area contributed by atoms with Gasteiger partial charge in [-0.15, -0.1) is 0 Å². The number of nitrogens with one attached hydrogen (secondary N) is 1. The molecular weight excluding hydrogens is 294 g/mol. The molecule has 112 valence electrons. The van der Waals surface area contributed by atoms with Gasteiger partial charge in [-0.1, -0.05) is 12.1 Å². The molecule has 0 bridgehead atoms. The van der Waals surface area contributed by atoms with Crippen molar-refractivity contribution >= 4 is 11.8 Å². The van der Waals surface area contributed by atoms with Gasteiger partial charge in [-0.3, -0.25) is 0 Å². The molecule has 1 saturated carbocycles. The molecule has 1 aromatic rings. The zero-order valence-corrected chi connectivity index (χ0v) is 11.5. The molecule has 0 heterocycles. The summed E-state index contributed by atoms with van der Waals surface area (Å²) in [4.78, 5) is 0. The normalized spacial score (nSPS) is 15.4. The second kappa shape index (κ2) is 6.67. The zero-order valence-electron chi connectivity index (χ0n) is 10.7. The van der Waals surface area contributed by atoms with Crippen molar-refractivity contribution in [2.45, 2.75) is 30.9 Å². The van der Waals surface area contributed by atoms with Gasteiger partial charge in [-0.05, 0) is 30.7 Å². The first-order valence-corrected chi connectivity index (χ1v) is 7.28. The van der Waals surface area contributed by atoms with Crippen molar-refractivity contribution in [1.82, 2.24) is 5.32 Å². The van der Waals surface area contributed by atoms with Crippen LogP contribution in [0, 0.1) is 5.82 Å². The van der Waals surface area contributed by atoms with E-state index in [1.165, 1.54) is 6.07 Å². The summed E-state index contributed by atoms with van der Waals surface area (Å²) in [5, 5.41) is 3.22. The quantitative estimate of drug-likeness (QED) is 0.613. The SMILES string of the molecule is Fc1cccc(CNC2CC2)c1OCCSC(F)(F)F. The summed E-state index contributed by atoms with van der Waals surface area (Å²) in [7, 11) is 0. The van der Waals surface area contributed by atoms with Crippen LogP contribution < -0.4 is 10.1 Å². The fraction of sp³-hybridized carbons (Fsp3) is 0.538. The van der Waals surface area contributed by atoms with E-state index in [1.807, 2.05) is 0 Å². The van der Waals surface area contributed by atoms with Crippen LogP contribution in [0.5, 0.6) is 5.75 Å². The summed E-state index contributed by atoms with van der Waals surface area (Å²) < 4.78 is 54.8. The van der Waals surface area contributed by atoms with E-state index in [1.54, 1.807) is 12.1 Å². The fourth-order valence-electron chi connectivity index (χ4n) is 1.70. The molecule has 0 saturated heterocycles. The van der Waals surface area contributed by atoms with Gasteiger partial charge in [-0.2, -0.15) is 13.2 Å². The second-order valence-electron chi connectivity index (χ2n) is 4.53. The average molecular weight is 309 g/mol. The van der Waals surface area contributed by atoms with Crippen LogP contribution in [0.4, 0.5) is 17.6 Å². The van der Waals surface area contributed by atoms with E-state index < -0.39 is 11.3 Å². The van der Waals surface area contributed by atoms with Crippen LogP contribution in [0.3, 0.4) is 0 Å². The van der Waals surface area contributed by atoms with E-state index in [9.17, 15) is 17.6 Å². The molecule has 2 rings (SSSR count). The second-order valence-corrected chi connectivity index (χ2v) is 5.69. The first-order chi connectivity index (χ1) is 9.46. The number of rotatable bonds is 7. The van der Waals surface area contributed by atoms with Gasteiger partial charge < -0.3 is 10.1 Å². The molecule has 0 radical (unpaired) electrons. The fourth-order valence-corrected chi connectivity index (χ4v) is 2.10. The summed E-state index contributed by atoms with van der Waals surface area (Å²) in [6.07, 6.45) is 2.21. The molecule has 0 aromatic heterocycles. The van der Waals surface area contributed by atoms with Gasteiger partial charge in [0.05, 0.1) is 6.61 Å². The number of hydrogen-bond donors (Lipinski definition) is 1. The lowest BCUT2D eigenvalue weighted by atomic mass is 10.2. The number of ether oxygens (including phenoxy) is 1. The molecule has 1 aliphatic carbocycles. The summed E-state index contributed by atoms with van der Waals surface area (Å²) in [6, 6.07) is 4.99. The Morgan fingerprint density at radius 1 is 1.30 bits per heavy atom. The molecule has 0 aliphatic heterocycles. The molecule has 1 aliphatic rings. The topological polar surface area (TPSA) is 21.3 Å². The summed E-state index contributed by atoms with van der Waals surface area (Å²) >= 11 is -0.170. The van der Waals surface area contributed by atoms with Gasteiger partial charge in [0.1, 0.15) is 0 Å². The summed E-state index contributed by atoms with van der Waals surface area (Å²) in [5.41, 5.74) is -3.65. The molecule has 7 heteroatoms. The number of alkyl halides is 3. The Morgan fingerprint density at radius 2 is 2.05 bits per heavy atom. The Hall–Kier alpha value is -0.950. The van der Waals surface area contributed by atoms with Crippen LogP contribution in [0.15, 0.2) is 18.2 Å². The molecule has 0 atom stereocenters. The van der Waals surface area contributed by atoms with Crippen LogP contribution in [0.2, 0.25) is 0 Å². The van der Waals surface area contributed by atoms with Crippen molar-refractivity contribution in [2.24, 2.45) is 0 Å². The predicted octanol–water partition coefficient (Wildman–Crippen LogP) is 3.71. The van der Waals surface area contributed by atoms with Gasteiger partial charge in [-0.25, -0.2) is 4.39 Å². The molecule has 1 fully saturated rings. The number of hydrogen-bond acceptors (Lipinski definition) is 3. The van der Waals surface area contributed by atoms with Crippen molar-refractivity contribution < 1.29 is 22.3 Å². The lowest BCUT2D eigenvalue weighted by Gasteiger charge is -2.13. The predicted molar refractivity (Wildman–Crippen MR) is 70.3 cm³/mol. The third-order valence-corrected chi connectivity index (χ3v) is 3.50. The van der Waals surface area contributed by atoms with Crippen molar-refractivity contribution in [2.75, 3.05) is 12.4 Å². The van der Waals surface area contributed by atoms with Gasteiger partial charge in [0, 0.05) is 23.9 Å². The molecule has 1 N–H and O–H groups in total. The molecule has 2 nitrogen and oxygen atoms in total. The number of benzene rings is 1. The Balaban J connectivity index is 1.87. The third-order valence-electron chi connectivity index (χ3n) is 2.80. The minimum atomic E-state index is -4.28. The highest BCUT2D eigenvalue weighted by Gasteiger charge is 2.27. The standard InChI is InChI=1S/C13H15F4NOS/c14-11-3-1-2-9(8-18-10-4-5-10)12(11)19-6-7-20-13(15,16)17/h1-3,10,18H,4-8H2. The largest absolute Gasteiger partial charge is 0.489 e. The molecule has 0 unspecified atom stereocenters. The van der Waals surface area contributed by atoms with Gasteiger partial charge >= 0.3 is 5.51 Å². The molecule has 20 heavy (non-hydrogen) atoms.